The van der Waals surface area contributed by atoms with Crippen molar-refractivity contribution in [3.63, 3.8) is 0 Å². The first kappa shape index (κ1) is 26.0. The van der Waals surface area contributed by atoms with Crippen LogP contribution in [0.4, 0.5) is 0 Å². The van der Waals surface area contributed by atoms with Gasteiger partial charge in [-0.3, -0.25) is 4.79 Å². The molecule has 39 heavy (non-hydrogen) atoms. The molecule has 2 aliphatic heterocycles. The Balaban J connectivity index is 1.01. The van der Waals surface area contributed by atoms with E-state index >= 15 is 0 Å². The number of hydrogen-bond acceptors (Lipinski definition) is 8. The average Bonchev–Trinajstić information content (AvgIpc) is 3.63. The van der Waals surface area contributed by atoms with E-state index in [2.05, 4.69) is 35.6 Å². The smallest absolute Gasteiger partial charge is 0.245 e. The van der Waals surface area contributed by atoms with Crippen molar-refractivity contribution >= 4 is 38.7 Å². The van der Waals surface area contributed by atoms with E-state index in [4.69, 9.17) is 0 Å². The number of benzene rings is 2. The zero-order valence-corrected chi connectivity index (χ0v) is 23.2. The number of likely N-dealkylation sites (tertiary alicyclic amines) is 1. The summed E-state index contributed by atoms with van der Waals surface area (Å²) in [6.45, 7) is 2.88. The summed E-state index contributed by atoms with van der Waals surface area (Å²) in [5.41, 5.74) is 2.22. The highest BCUT2D eigenvalue weighted by Gasteiger charge is 2.36. The topological polar surface area (TPSA) is 114 Å². The van der Waals surface area contributed by atoms with Crippen molar-refractivity contribution in [2.24, 2.45) is 11.8 Å². The van der Waals surface area contributed by atoms with Gasteiger partial charge in [0.05, 0.1) is 18.3 Å². The largest absolute Gasteiger partial charge is 0.342 e. The lowest BCUT2D eigenvalue weighted by Gasteiger charge is -2.37. The highest BCUT2D eigenvalue weighted by Crippen LogP contribution is 2.30. The molecule has 0 saturated carbocycles. The van der Waals surface area contributed by atoms with Crippen LogP contribution in [0.2, 0.25) is 0 Å². The minimum atomic E-state index is -3.69. The molecule has 2 aromatic carbocycles. The van der Waals surface area contributed by atoms with Gasteiger partial charge in [0, 0.05) is 38.5 Å². The standard InChI is InChI=1S/C27H31N7O3S2/c35-27(22-11-15-34(16-12-22)39(36,37)24-8-4-7-23-26(24)31-38-30-23)32-13-9-20(10-14-32)17-25-29-28-19-33(25)18-21-5-2-1-3-6-21/h1-8,19-20,22H,9-18H2. The summed E-state index contributed by atoms with van der Waals surface area (Å²) in [7, 11) is -3.69. The molecule has 6 rings (SSSR count). The summed E-state index contributed by atoms with van der Waals surface area (Å²) < 4.78 is 38.6. The van der Waals surface area contributed by atoms with E-state index in [1.54, 1.807) is 24.5 Å². The predicted molar refractivity (Wildman–Crippen MR) is 147 cm³/mol. The van der Waals surface area contributed by atoms with Gasteiger partial charge in [-0.05, 0) is 49.3 Å². The molecule has 2 aliphatic rings. The van der Waals surface area contributed by atoms with E-state index < -0.39 is 10.0 Å². The third-order valence-electron chi connectivity index (χ3n) is 7.96. The predicted octanol–water partition coefficient (Wildman–Crippen LogP) is 3.21. The molecule has 2 saturated heterocycles. The number of hydrogen-bond donors (Lipinski definition) is 0. The fourth-order valence-corrected chi connectivity index (χ4v) is 7.92. The number of piperidine rings is 2. The number of carbonyl (C=O) groups excluding carboxylic acids is 1. The Labute approximate surface area is 232 Å². The molecule has 2 fully saturated rings. The number of fused-ring (bicyclic) bond motifs is 1. The molecular formula is C27H31N7O3S2. The molecule has 0 radical (unpaired) electrons. The van der Waals surface area contributed by atoms with Crippen LogP contribution in [0.5, 0.6) is 0 Å². The molecule has 0 atom stereocenters. The highest BCUT2D eigenvalue weighted by molar-refractivity contribution is 7.89. The molecular weight excluding hydrogens is 534 g/mol. The Bertz CT molecular complexity index is 1540. The molecule has 4 heterocycles. The van der Waals surface area contributed by atoms with Crippen LogP contribution in [0.1, 0.15) is 37.1 Å². The van der Waals surface area contributed by atoms with Crippen LogP contribution in [0.3, 0.4) is 0 Å². The maximum absolute atomic E-state index is 13.3. The number of rotatable bonds is 7. The van der Waals surface area contributed by atoms with Crippen LogP contribution in [-0.2, 0) is 27.8 Å². The first-order valence-electron chi connectivity index (χ1n) is 13.4. The maximum atomic E-state index is 13.3. The van der Waals surface area contributed by atoms with Gasteiger partial charge < -0.3 is 9.47 Å². The second kappa shape index (κ2) is 11.1. The molecule has 12 heteroatoms. The van der Waals surface area contributed by atoms with Crippen molar-refractivity contribution in [3.8, 4) is 0 Å². The second-order valence-electron chi connectivity index (χ2n) is 10.4. The Hall–Kier alpha value is -3.22. The van der Waals surface area contributed by atoms with Gasteiger partial charge in [-0.1, -0.05) is 36.4 Å². The molecule has 1 amide bonds. The first-order valence-corrected chi connectivity index (χ1v) is 15.6. The fraction of sp³-hybridized carbons (Fsp3) is 0.444. The molecule has 10 nitrogen and oxygen atoms in total. The van der Waals surface area contributed by atoms with Crippen molar-refractivity contribution in [1.82, 2.24) is 32.7 Å². The molecule has 0 bridgehead atoms. The van der Waals surface area contributed by atoms with Crippen LogP contribution in [-0.4, -0.2) is 73.2 Å². The van der Waals surface area contributed by atoms with Crippen molar-refractivity contribution in [2.45, 2.75) is 43.5 Å². The summed E-state index contributed by atoms with van der Waals surface area (Å²) in [6.07, 6.45) is 5.58. The van der Waals surface area contributed by atoms with E-state index in [1.165, 1.54) is 9.87 Å². The van der Waals surface area contributed by atoms with Crippen LogP contribution in [0, 0.1) is 11.8 Å². The molecule has 0 aliphatic carbocycles. The second-order valence-corrected chi connectivity index (χ2v) is 12.8. The lowest BCUT2D eigenvalue weighted by molar-refractivity contribution is -0.138. The van der Waals surface area contributed by atoms with Gasteiger partial charge in [-0.15, -0.1) is 10.2 Å². The summed E-state index contributed by atoms with van der Waals surface area (Å²) >= 11 is 1.01. The normalized spacial score (nSPS) is 18.1. The molecule has 4 aromatic rings. The maximum Gasteiger partial charge on any atom is 0.245 e. The summed E-state index contributed by atoms with van der Waals surface area (Å²) in [6, 6.07) is 15.3. The van der Waals surface area contributed by atoms with Crippen molar-refractivity contribution in [2.75, 3.05) is 26.2 Å². The third kappa shape index (κ3) is 5.45. The highest BCUT2D eigenvalue weighted by atomic mass is 32.2. The molecule has 0 unspecified atom stereocenters. The van der Waals surface area contributed by atoms with Crippen molar-refractivity contribution in [1.29, 1.82) is 0 Å². The fourth-order valence-electron chi connectivity index (χ4n) is 5.69. The van der Waals surface area contributed by atoms with Gasteiger partial charge >= 0.3 is 0 Å². The summed E-state index contributed by atoms with van der Waals surface area (Å²) in [4.78, 5) is 15.5. The molecule has 0 spiro atoms. The van der Waals surface area contributed by atoms with Gasteiger partial charge in [-0.2, -0.15) is 13.1 Å². The van der Waals surface area contributed by atoms with E-state index in [9.17, 15) is 13.2 Å². The van der Waals surface area contributed by atoms with E-state index in [1.807, 2.05) is 23.1 Å². The monoisotopic (exact) mass is 565 g/mol. The van der Waals surface area contributed by atoms with E-state index in [0.29, 0.717) is 42.9 Å². The quantitative estimate of drug-likeness (QED) is 0.338. The van der Waals surface area contributed by atoms with Gasteiger partial charge in [0.1, 0.15) is 28.1 Å². The zero-order valence-electron chi connectivity index (χ0n) is 21.6. The Morgan fingerprint density at radius 2 is 1.69 bits per heavy atom. The number of amides is 1. The van der Waals surface area contributed by atoms with Crippen molar-refractivity contribution in [3.05, 3.63) is 66.2 Å². The summed E-state index contributed by atoms with van der Waals surface area (Å²) in [5.74, 6) is 1.46. The summed E-state index contributed by atoms with van der Waals surface area (Å²) in [5, 5.41) is 8.51. The lowest BCUT2D eigenvalue weighted by atomic mass is 9.90. The number of sulfonamides is 1. The minimum Gasteiger partial charge on any atom is -0.342 e. The molecule has 204 valence electrons. The number of carbonyl (C=O) groups is 1. The third-order valence-corrected chi connectivity index (χ3v) is 10.4. The van der Waals surface area contributed by atoms with Gasteiger partial charge in [0.25, 0.3) is 0 Å². The number of aromatic nitrogens is 5. The van der Waals surface area contributed by atoms with Crippen LogP contribution in [0.15, 0.2) is 59.8 Å². The number of nitrogens with zero attached hydrogens (tertiary/aromatic N) is 7. The van der Waals surface area contributed by atoms with Crippen LogP contribution >= 0.6 is 11.7 Å². The van der Waals surface area contributed by atoms with Crippen molar-refractivity contribution < 1.29 is 13.2 Å². The van der Waals surface area contributed by atoms with Gasteiger partial charge in [0.2, 0.25) is 15.9 Å². The Kier molecular flexibility index (Phi) is 7.41. The average molecular weight is 566 g/mol. The van der Waals surface area contributed by atoms with E-state index in [0.717, 1.165) is 56.4 Å². The van der Waals surface area contributed by atoms with Crippen LogP contribution in [0.25, 0.3) is 11.0 Å². The Morgan fingerprint density at radius 1 is 0.923 bits per heavy atom. The lowest BCUT2D eigenvalue weighted by Crippen LogP contribution is -2.46. The van der Waals surface area contributed by atoms with Crippen LogP contribution < -0.4 is 0 Å². The first-order chi connectivity index (χ1) is 19.0. The molecule has 0 N–H and O–H groups in total. The minimum absolute atomic E-state index is 0.140. The molecule has 2 aromatic heterocycles. The SMILES string of the molecule is O=C(C1CCN(S(=O)(=O)c2cccc3nsnc23)CC1)N1CCC(Cc2nncn2Cc2ccccc2)CC1. The zero-order chi connectivity index (χ0) is 26.8. The van der Waals surface area contributed by atoms with Gasteiger partial charge in [-0.25, -0.2) is 8.42 Å². The Morgan fingerprint density at radius 3 is 2.46 bits per heavy atom. The van der Waals surface area contributed by atoms with E-state index in [-0.39, 0.29) is 16.7 Å². The van der Waals surface area contributed by atoms with Gasteiger partial charge in [0.15, 0.2) is 0 Å².